The number of rotatable bonds is 3. The predicted molar refractivity (Wildman–Crippen MR) is 71.1 cm³/mol. The zero-order valence-electron chi connectivity index (χ0n) is 9.80. The monoisotopic (exact) mass is 257 g/mol. The molecule has 5 heteroatoms. The number of hydrogen-bond acceptors (Lipinski definition) is 4. The van der Waals surface area contributed by atoms with Crippen LogP contribution in [0.4, 0.5) is 5.69 Å². The van der Waals surface area contributed by atoms with E-state index in [-0.39, 0.29) is 12.3 Å². The number of nitrogens with zero attached hydrogens (tertiary/aromatic N) is 2. The number of anilines is 1. The molecule has 0 aliphatic carbocycles. The number of thiazole rings is 1. The SMILES string of the molecule is Cc1csc(-c2cccc(NC(=O)CC#N)c2)n1. The lowest BCUT2D eigenvalue weighted by atomic mass is 10.2. The normalized spacial score (nSPS) is 9.78. The van der Waals surface area contributed by atoms with Gasteiger partial charge in [-0.25, -0.2) is 4.98 Å². The lowest BCUT2D eigenvalue weighted by Gasteiger charge is -2.04. The molecule has 1 aromatic heterocycles. The van der Waals surface area contributed by atoms with E-state index in [2.05, 4.69) is 10.3 Å². The standard InChI is InChI=1S/C13H11N3OS/c1-9-8-18-13(15-9)10-3-2-4-11(7-10)16-12(17)5-6-14/h2-4,7-8H,5H2,1H3,(H,16,17). The quantitative estimate of drug-likeness (QED) is 0.919. The third-order valence-electron chi connectivity index (χ3n) is 2.25. The van der Waals surface area contributed by atoms with Crippen LogP contribution in [0, 0.1) is 18.3 Å². The van der Waals surface area contributed by atoms with Gasteiger partial charge >= 0.3 is 0 Å². The van der Waals surface area contributed by atoms with Crippen molar-refractivity contribution in [3.8, 4) is 16.6 Å². The second-order valence-corrected chi connectivity index (χ2v) is 4.62. The van der Waals surface area contributed by atoms with Gasteiger partial charge in [0, 0.05) is 22.3 Å². The molecule has 2 aromatic rings. The lowest BCUT2D eigenvalue weighted by molar-refractivity contribution is -0.115. The Kier molecular flexibility index (Phi) is 3.70. The van der Waals surface area contributed by atoms with Crippen molar-refractivity contribution >= 4 is 22.9 Å². The van der Waals surface area contributed by atoms with E-state index >= 15 is 0 Å². The van der Waals surface area contributed by atoms with Crippen LogP contribution in [0.1, 0.15) is 12.1 Å². The van der Waals surface area contributed by atoms with Gasteiger partial charge in [-0.15, -0.1) is 11.3 Å². The van der Waals surface area contributed by atoms with E-state index in [1.165, 1.54) is 0 Å². The summed E-state index contributed by atoms with van der Waals surface area (Å²) in [6.45, 7) is 1.94. The highest BCUT2D eigenvalue weighted by molar-refractivity contribution is 7.13. The third kappa shape index (κ3) is 2.93. The molecule has 0 radical (unpaired) electrons. The maximum Gasteiger partial charge on any atom is 0.238 e. The summed E-state index contributed by atoms with van der Waals surface area (Å²) in [4.78, 5) is 15.7. The van der Waals surface area contributed by atoms with E-state index in [1.807, 2.05) is 36.6 Å². The predicted octanol–water partition coefficient (Wildman–Crippen LogP) is 2.97. The number of nitriles is 1. The van der Waals surface area contributed by atoms with E-state index in [1.54, 1.807) is 17.4 Å². The summed E-state index contributed by atoms with van der Waals surface area (Å²) >= 11 is 1.56. The molecule has 0 aliphatic heterocycles. The van der Waals surface area contributed by atoms with Gasteiger partial charge in [-0.05, 0) is 19.1 Å². The molecule has 18 heavy (non-hydrogen) atoms. The van der Waals surface area contributed by atoms with Crippen LogP contribution in [0.15, 0.2) is 29.6 Å². The van der Waals surface area contributed by atoms with Crippen LogP contribution in [0.2, 0.25) is 0 Å². The van der Waals surface area contributed by atoms with Crippen LogP contribution in [0.25, 0.3) is 10.6 Å². The van der Waals surface area contributed by atoms with Gasteiger partial charge in [0.15, 0.2) is 0 Å². The molecule has 0 aliphatic rings. The fraction of sp³-hybridized carbons (Fsp3) is 0.154. The summed E-state index contributed by atoms with van der Waals surface area (Å²) in [5.41, 5.74) is 2.62. The smallest absolute Gasteiger partial charge is 0.238 e. The van der Waals surface area contributed by atoms with Gasteiger partial charge in [-0.3, -0.25) is 4.79 Å². The van der Waals surface area contributed by atoms with Crippen molar-refractivity contribution in [3.63, 3.8) is 0 Å². The zero-order valence-corrected chi connectivity index (χ0v) is 10.6. The van der Waals surface area contributed by atoms with Gasteiger partial charge in [0.05, 0.1) is 6.07 Å². The van der Waals surface area contributed by atoms with Crippen molar-refractivity contribution in [1.29, 1.82) is 5.26 Å². The highest BCUT2D eigenvalue weighted by atomic mass is 32.1. The highest BCUT2D eigenvalue weighted by Crippen LogP contribution is 2.25. The zero-order chi connectivity index (χ0) is 13.0. The largest absolute Gasteiger partial charge is 0.325 e. The Morgan fingerprint density at radius 1 is 1.56 bits per heavy atom. The summed E-state index contributed by atoms with van der Waals surface area (Å²) in [5, 5.41) is 14.0. The first kappa shape index (κ1) is 12.3. The third-order valence-corrected chi connectivity index (χ3v) is 3.26. The fourth-order valence-electron chi connectivity index (χ4n) is 1.49. The van der Waals surface area contributed by atoms with Crippen molar-refractivity contribution in [2.24, 2.45) is 0 Å². The molecule has 1 heterocycles. The molecular formula is C13H11N3OS. The van der Waals surface area contributed by atoms with Gasteiger partial charge in [-0.2, -0.15) is 5.26 Å². The van der Waals surface area contributed by atoms with Crippen LogP contribution in [-0.2, 0) is 4.79 Å². The van der Waals surface area contributed by atoms with Crippen molar-refractivity contribution in [3.05, 3.63) is 35.3 Å². The number of nitrogens with one attached hydrogen (secondary N) is 1. The van der Waals surface area contributed by atoms with Gasteiger partial charge in [0.25, 0.3) is 0 Å². The second-order valence-electron chi connectivity index (χ2n) is 3.76. The van der Waals surface area contributed by atoms with Crippen molar-refractivity contribution in [2.45, 2.75) is 13.3 Å². The number of aromatic nitrogens is 1. The van der Waals surface area contributed by atoms with Crippen LogP contribution in [0.5, 0.6) is 0 Å². The van der Waals surface area contributed by atoms with Crippen molar-refractivity contribution in [1.82, 2.24) is 4.98 Å². The maximum atomic E-state index is 11.3. The summed E-state index contributed by atoms with van der Waals surface area (Å²) in [5.74, 6) is -0.301. The fourth-order valence-corrected chi connectivity index (χ4v) is 2.29. The molecule has 0 fully saturated rings. The molecule has 0 unspecified atom stereocenters. The van der Waals surface area contributed by atoms with Gasteiger partial charge in [0.2, 0.25) is 5.91 Å². The van der Waals surface area contributed by atoms with Crippen LogP contribution in [0.3, 0.4) is 0 Å². The molecule has 90 valence electrons. The first-order chi connectivity index (χ1) is 8.69. The van der Waals surface area contributed by atoms with Crippen LogP contribution in [-0.4, -0.2) is 10.9 Å². The van der Waals surface area contributed by atoms with E-state index in [4.69, 9.17) is 5.26 Å². The Morgan fingerprint density at radius 3 is 3.06 bits per heavy atom. The molecule has 0 spiro atoms. The highest BCUT2D eigenvalue weighted by Gasteiger charge is 2.05. The minimum Gasteiger partial charge on any atom is -0.325 e. The molecule has 1 amide bonds. The minimum atomic E-state index is -0.301. The first-order valence-corrected chi connectivity index (χ1v) is 6.26. The number of benzene rings is 1. The van der Waals surface area contributed by atoms with Crippen molar-refractivity contribution in [2.75, 3.05) is 5.32 Å². The minimum absolute atomic E-state index is 0.138. The first-order valence-electron chi connectivity index (χ1n) is 5.38. The molecule has 1 N–H and O–H groups in total. The van der Waals surface area contributed by atoms with Crippen molar-refractivity contribution < 1.29 is 4.79 Å². The van der Waals surface area contributed by atoms with E-state index in [0.717, 1.165) is 16.3 Å². The number of carbonyl (C=O) groups is 1. The molecule has 0 atom stereocenters. The van der Waals surface area contributed by atoms with E-state index in [9.17, 15) is 4.79 Å². The van der Waals surface area contributed by atoms with Gasteiger partial charge in [0.1, 0.15) is 11.4 Å². The summed E-state index contributed by atoms with van der Waals surface area (Å²) in [7, 11) is 0. The van der Waals surface area contributed by atoms with Gasteiger partial charge < -0.3 is 5.32 Å². The average Bonchev–Trinajstić information content (AvgIpc) is 2.76. The Hall–Kier alpha value is -2.19. The molecule has 4 nitrogen and oxygen atoms in total. The Labute approximate surface area is 109 Å². The summed E-state index contributed by atoms with van der Waals surface area (Å²) < 4.78 is 0. The lowest BCUT2D eigenvalue weighted by Crippen LogP contribution is -2.09. The molecule has 1 aromatic carbocycles. The van der Waals surface area contributed by atoms with Crippen LogP contribution < -0.4 is 5.32 Å². The topological polar surface area (TPSA) is 65.8 Å². The molecule has 0 saturated carbocycles. The second kappa shape index (κ2) is 5.43. The van der Waals surface area contributed by atoms with E-state index < -0.39 is 0 Å². The number of hydrogen-bond donors (Lipinski definition) is 1. The number of carbonyl (C=O) groups excluding carboxylic acids is 1. The Bertz CT molecular complexity index is 613. The average molecular weight is 257 g/mol. The Morgan fingerprint density at radius 2 is 2.39 bits per heavy atom. The molecular weight excluding hydrogens is 246 g/mol. The molecule has 2 rings (SSSR count). The number of amides is 1. The van der Waals surface area contributed by atoms with E-state index in [0.29, 0.717) is 5.69 Å². The maximum absolute atomic E-state index is 11.3. The Balaban J connectivity index is 2.20. The van der Waals surface area contributed by atoms with Crippen LogP contribution >= 0.6 is 11.3 Å². The van der Waals surface area contributed by atoms with Gasteiger partial charge in [-0.1, -0.05) is 12.1 Å². The summed E-state index contributed by atoms with van der Waals surface area (Å²) in [6, 6.07) is 9.26. The molecule has 0 bridgehead atoms. The number of aryl methyl sites for hydroxylation is 1. The molecule has 0 saturated heterocycles. The summed E-state index contributed by atoms with van der Waals surface area (Å²) in [6.07, 6.45) is -0.138.